The van der Waals surface area contributed by atoms with Gasteiger partial charge in [0.25, 0.3) is 5.91 Å². The number of amides is 1. The first kappa shape index (κ1) is 19.6. The van der Waals surface area contributed by atoms with Gasteiger partial charge in [0.1, 0.15) is 5.01 Å². The Kier molecular flexibility index (Phi) is 5.16. The van der Waals surface area contributed by atoms with Gasteiger partial charge < -0.3 is 4.90 Å². The Morgan fingerprint density at radius 2 is 1.93 bits per heavy atom. The molecule has 0 N–H and O–H groups in total. The van der Waals surface area contributed by atoms with Gasteiger partial charge in [-0.25, -0.2) is 9.67 Å². The third-order valence-electron chi connectivity index (χ3n) is 5.01. The van der Waals surface area contributed by atoms with E-state index in [0.717, 1.165) is 17.8 Å². The number of fused-ring (bicyclic) bond motifs is 1. The summed E-state index contributed by atoms with van der Waals surface area (Å²) in [6.45, 7) is 0.403. The molecule has 4 rings (SSSR count). The molecule has 0 aliphatic heterocycles. The molecule has 2 aromatic heterocycles. The number of benzene rings is 1. The Morgan fingerprint density at radius 3 is 2.59 bits per heavy atom. The van der Waals surface area contributed by atoms with Crippen LogP contribution in [0.2, 0.25) is 0 Å². The fourth-order valence-corrected chi connectivity index (χ4v) is 4.28. The van der Waals surface area contributed by atoms with Crippen molar-refractivity contribution < 1.29 is 18.0 Å². The van der Waals surface area contributed by atoms with E-state index in [2.05, 4.69) is 10.1 Å². The fourth-order valence-electron chi connectivity index (χ4n) is 3.61. The molecule has 9 heteroatoms. The molecule has 0 radical (unpaired) electrons. The Hall–Kier alpha value is -2.68. The fraction of sp³-hybridized carbons (Fsp3) is 0.350. The number of thiazole rings is 1. The summed E-state index contributed by atoms with van der Waals surface area (Å²) < 4.78 is 41.5. The number of carbonyl (C=O) groups is 1. The maximum absolute atomic E-state index is 13.4. The summed E-state index contributed by atoms with van der Waals surface area (Å²) in [5.41, 5.74) is 1.11. The predicted molar refractivity (Wildman–Crippen MR) is 103 cm³/mol. The van der Waals surface area contributed by atoms with Crippen molar-refractivity contribution in [2.45, 2.75) is 38.4 Å². The Morgan fingerprint density at radius 1 is 1.21 bits per heavy atom. The molecule has 0 saturated carbocycles. The molecule has 0 fully saturated rings. The van der Waals surface area contributed by atoms with E-state index in [1.807, 2.05) is 5.38 Å². The predicted octanol–water partition coefficient (Wildman–Crippen LogP) is 4.50. The number of carbonyl (C=O) groups excluding carboxylic acids is 1. The molecule has 0 spiro atoms. The van der Waals surface area contributed by atoms with E-state index >= 15 is 0 Å². The SMILES string of the molecule is CN(Cc1nccs1)C(=O)c1ccc(-n2nc(C(F)(F)F)c3c2CCCC3)cc1. The van der Waals surface area contributed by atoms with Crippen LogP contribution in [-0.2, 0) is 25.6 Å². The zero-order valence-corrected chi connectivity index (χ0v) is 16.6. The first-order chi connectivity index (χ1) is 13.8. The van der Waals surface area contributed by atoms with Gasteiger partial charge in [0.15, 0.2) is 5.69 Å². The Balaban J connectivity index is 1.60. The van der Waals surface area contributed by atoms with E-state index in [-0.39, 0.29) is 5.91 Å². The van der Waals surface area contributed by atoms with Gasteiger partial charge in [0.05, 0.1) is 12.2 Å². The van der Waals surface area contributed by atoms with Gasteiger partial charge >= 0.3 is 6.18 Å². The standard InChI is InChI=1S/C20H19F3N4OS/c1-26(12-17-24-10-11-29-17)19(28)13-6-8-14(9-7-13)27-16-5-3-2-4-15(16)18(25-27)20(21,22)23/h6-11H,2-5,12H2,1H3. The van der Waals surface area contributed by atoms with Crippen LogP contribution >= 0.6 is 11.3 Å². The van der Waals surface area contributed by atoms with E-state index in [0.29, 0.717) is 41.9 Å². The van der Waals surface area contributed by atoms with Crippen LogP contribution in [0.3, 0.4) is 0 Å². The van der Waals surface area contributed by atoms with Gasteiger partial charge in [0, 0.05) is 35.4 Å². The third kappa shape index (κ3) is 3.91. The van der Waals surface area contributed by atoms with Crippen molar-refractivity contribution in [1.29, 1.82) is 0 Å². The maximum atomic E-state index is 13.4. The second-order valence-electron chi connectivity index (χ2n) is 7.02. The first-order valence-corrected chi connectivity index (χ1v) is 10.1. The van der Waals surface area contributed by atoms with Gasteiger partial charge in [-0.1, -0.05) is 0 Å². The summed E-state index contributed by atoms with van der Waals surface area (Å²) in [4.78, 5) is 18.3. The quantitative estimate of drug-likeness (QED) is 0.625. The van der Waals surface area contributed by atoms with Crippen LogP contribution in [0.15, 0.2) is 35.8 Å². The van der Waals surface area contributed by atoms with Crippen LogP contribution in [0.1, 0.15) is 45.2 Å². The van der Waals surface area contributed by atoms with Crippen LogP contribution in [0.5, 0.6) is 0 Å². The van der Waals surface area contributed by atoms with Gasteiger partial charge in [-0.15, -0.1) is 11.3 Å². The molecule has 5 nitrogen and oxygen atoms in total. The molecule has 1 aliphatic rings. The highest BCUT2D eigenvalue weighted by Gasteiger charge is 2.39. The summed E-state index contributed by atoms with van der Waals surface area (Å²) in [5, 5.41) is 6.57. The van der Waals surface area contributed by atoms with Gasteiger partial charge in [0.2, 0.25) is 0 Å². The average Bonchev–Trinajstić information content (AvgIpc) is 3.35. The summed E-state index contributed by atoms with van der Waals surface area (Å²) in [6.07, 6.45) is -0.249. The van der Waals surface area contributed by atoms with Crippen LogP contribution in [-0.4, -0.2) is 32.6 Å². The van der Waals surface area contributed by atoms with Gasteiger partial charge in [-0.05, 0) is 49.9 Å². The van der Waals surface area contributed by atoms with Crippen LogP contribution in [0.4, 0.5) is 13.2 Å². The molecule has 0 atom stereocenters. The van der Waals surface area contributed by atoms with Gasteiger partial charge in [-0.2, -0.15) is 18.3 Å². The summed E-state index contributed by atoms with van der Waals surface area (Å²) >= 11 is 1.47. The van der Waals surface area contributed by atoms with Crippen molar-refractivity contribution in [2.24, 2.45) is 0 Å². The number of rotatable bonds is 4. The minimum absolute atomic E-state index is 0.176. The highest BCUT2D eigenvalue weighted by Crippen LogP contribution is 2.36. The minimum Gasteiger partial charge on any atom is -0.335 e. The number of hydrogen-bond acceptors (Lipinski definition) is 4. The molecule has 1 aromatic carbocycles. The van der Waals surface area contributed by atoms with Crippen molar-refractivity contribution in [3.05, 3.63) is 63.4 Å². The minimum atomic E-state index is -4.47. The Labute approximate surface area is 169 Å². The lowest BCUT2D eigenvalue weighted by molar-refractivity contribution is -0.142. The third-order valence-corrected chi connectivity index (χ3v) is 5.77. The molecule has 3 aromatic rings. The largest absolute Gasteiger partial charge is 0.435 e. The number of halogens is 3. The van der Waals surface area contributed by atoms with Crippen molar-refractivity contribution in [3.8, 4) is 5.69 Å². The molecule has 1 aliphatic carbocycles. The number of nitrogens with zero attached hydrogens (tertiary/aromatic N) is 4. The molecule has 2 heterocycles. The van der Waals surface area contributed by atoms with Crippen LogP contribution in [0.25, 0.3) is 5.69 Å². The van der Waals surface area contributed by atoms with E-state index < -0.39 is 11.9 Å². The summed E-state index contributed by atoms with van der Waals surface area (Å²) in [7, 11) is 1.69. The maximum Gasteiger partial charge on any atom is 0.435 e. The first-order valence-electron chi connectivity index (χ1n) is 9.27. The highest BCUT2D eigenvalue weighted by molar-refractivity contribution is 7.09. The van der Waals surface area contributed by atoms with E-state index in [4.69, 9.17) is 0 Å². The van der Waals surface area contributed by atoms with E-state index in [1.165, 1.54) is 16.0 Å². The topological polar surface area (TPSA) is 51.0 Å². The number of hydrogen-bond donors (Lipinski definition) is 0. The molecule has 0 unspecified atom stereocenters. The van der Waals surface area contributed by atoms with Crippen molar-refractivity contribution in [3.63, 3.8) is 0 Å². The lowest BCUT2D eigenvalue weighted by Gasteiger charge is -2.17. The van der Waals surface area contributed by atoms with Gasteiger partial charge in [-0.3, -0.25) is 4.79 Å². The summed E-state index contributed by atoms with van der Waals surface area (Å²) in [5.74, 6) is -0.176. The van der Waals surface area contributed by atoms with Crippen molar-refractivity contribution >= 4 is 17.2 Å². The molecular weight excluding hydrogens is 401 g/mol. The zero-order valence-electron chi connectivity index (χ0n) is 15.7. The average molecular weight is 420 g/mol. The van der Waals surface area contributed by atoms with Crippen molar-refractivity contribution in [2.75, 3.05) is 7.05 Å². The van der Waals surface area contributed by atoms with E-state index in [1.54, 1.807) is 42.4 Å². The molecule has 29 heavy (non-hydrogen) atoms. The number of alkyl halides is 3. The molecular formula is C20H19F3N4OS. The lowest BCUT2D eigenvalue weighted by atomic mass is 9.95. The smallest absolute Gasteiger partial charge is 0.335 e. The number of aromatic nitrogens is 3. The van der Waals surface area contributed by atoms with E-state index in [9.17, 15) is 18.0 Å². The highest BCUT2D eigenvalue weighted by atomic mass is 32.1. The molecule has 0 bridgehead atoms. The molecule has 1 amide bonds. The molecule has 0 saturated heterocycles. The van der Waals surface area contributed by atoms with Crippen LogP contribution in [0, 0.1) is 0 Å². The second kappa shape index (κ2) is 7.62. The van der Waals surface area contributed by atoms with Crippen LogP contribution < -0.4 is 0 Å². The summed E-state index contributed by atoms with van der Waals surface area (Å²) in [6, 6.07) is 6.54. The zero-order chi connectivity index (χ0) is 20.6. The Bertz CT molecular complexity index is 1010. The molecule has 152 valence electrons. The van der Waals surface area contributed by atoms with Crippen molar-refractivity contribution in [1.82, 2.24) is 19.7 Å². The normalized spacial score (nSPS) is 13.9. The monoisotopic (exact) mass is 420 g/mol. The second-order valence-corrected chi connectivity index (χ2v) is 8.00. The lowest BCUT2D eigenvalue weighted by Crippen LogP contribution is -2.26.